The molecule has 31 heavy (non-hydrogen) atoms. The number of fused-ring (bicyclic) bond motifs is 1. The number of hydrogen-bond donors (Lipinski definition) is 0. The number of ether oxygens (including phenoxy) is 1. The lowest BCUT2D eigenvalue weighted by molar-refractivity contribution is -0.128. The molecule has 5 heteroatoms. The Hall–Kier alpha value is -2.92. The highest BCUT2D eigenvalue weighted by Crippen LogP contribution is 2.46. The van der Waals surface area contributed by atoms with E-state index >= 15 is 0 Å². The summed E-state index contributed by atoms with van der Waals surface area (Å²) in [5.41, 5.74) is 6.04. The van der Waals surface area contributed by atoms with Gasteiger partial charge in [0.15, 0.2) is 0 Å². The first-order valence-corrected chi connectivity index (χ1v) is 10.9. The van der Waals surface area contributed by atoms with Gasteiger partial charge in [0.25, 0.3) is 0 Å². The Balaban J connectivity index is 1.73. The second kappa shape index (κ2) is 7.65. The molecular formula is C26H27FN2O2. The molecule has 5 rings (SSSR count). The minimum absolute atomic E-state index is 0.0781. The van der Waals surface area contributed by atoms with Gasteiger partial charge >= 0.3 is 0 Å². The molecule has 2 aliphatic heterocycles. The van der Waals surface area contributed by atoms with E-state index in [2.05, 4.69) is 23.6 Å². The molecule has 1 fully saturated rings. The molecule has 0 radical (unpaired) electrons. The summed E-state index contributed by atoms with van der Waals surface area (Å²) in [5, 5.41) is 1.12. The number of amides is 1. The van der Waals surface area contributed by atoms with Crippen LogP contribution in [0, 0.1) is 5.82 Å². The molecular weight excluding hydrogens is 391 g/mol. The maximum absolute atomic E-state index is 13.7. The Morgan fingerprint density at radius 2 is 1.84 bits per heavy atom. The van der Waals surface area contributed by atoms with Gasteiger partial charge in [-0.1, -0.05) is 18.2 Å². The number of aryl methyl sites for hydroxylation is 1. The van der Waals surface area contributed by atoms with Crippen LogP contribution >= 0.6 is 0 Å². The smallest absolute Gasteiger partial charge is 0.250 e. The highest BCUT2D eigenvalue weighted by Gasteiger charge is 2.40. The molecule has 3 heterocycles. The standard InChI is InChI=1S/C26H27FN2O2/c1-16-17(2)26(30)29(15-20-7-6-14-31-20)24(16)23-21-8-4-5-9-22(21)28(3)25(23)18-10-12-19(27)13-11-18/h4-5,8-13,20,24H,6-7,14-15H2,1-3H3/t20-,24-/m0/s1. The van der Waals surface area contributed by atoms with Crippen LogP contribution in [0.25, 0.3) is 22.2 Å². The fourth-order valence-electron chi connectivity index (χ4n) is 5.16. The topological polar surface area (TPSA) is 34.5 Å². The molecule has 0 aliphatic carbocycles. The number of hydrogen-bond acceptors (Lipinski definition) is 2. The molecule has 1 saturated heterocycles. The van der Waals surface area contributed by atoms with Crippen LogP contribution in [0.3, 0.4) is 0 Å². The SMILES string of the molecule is CC1=C(C)[C@@H](c2c(-c3ccc(F)cc3)n(C)c3ccccc23)N(C[C@@H]2CCCO2)C1=O. The lowest BCUT2D eigenvalue weighted by Gasteiger charge is -2.30. The number of benzene rings is 2. The summed E-state index contributed by atoms with van der Waals surface area (Å²) in [6.45, 7) is 5.33. The minimum atomic E-state index is -0.257. The number of nitrogens with zero attached hydrogens (tertiary/aromatic N) is 2. The van der Waals surface area contributed by atoms with Crippen molar-refractivity contribution >= 4 is 16.8 Å². The number of carbonyl (C=O) groups excluding carboxylic acids is 1. The van der Waals surface area contributed by atoms with Crippen molar-refractivity contribution in [3.8, 4) is 11.3 Å². The van der Waals surface area contributed by atoms with Crippen LogP contribution in [0.2, 0.25) is 0 Å². The number of rotatable bonds is 4. The van der Waals surface area contributed by atoms with Crippen LogP contribution in [0.5, 0.6) is 0 Å². The molecule has 3 aromatic rings. The number of para-hydroxylation sites is 1. The summed E-state index contributed by atoms with van der Waals surface area (Å²) in [6, 6.07) is 14.7. The van der Waals surface area contributed by atoms with Crippen molar-refractivity contribution in [2.45, 2.75) is 38.8 Å². The van der Waals surface area contributed by atoms with E-state index < -0.39 is 0 Å². The monoisotopic (exact) mass is 418 g/mol. The van der Waals surface area contributed by atoms with Gasteiger partial charge in [0, 0.05) is 42.2 Å². The van der Waals surface area contributed by atoms with Gasteiger partial charge in [-0.25, -0.2) is 4.39 Å². The molecule has 0 spiro atoms. The molecule has 0 unspecified atom stereocenters. The average molecular weight is 419 g/mol. The largest absolute Gasteiger partial charge is 0.376 e. The molecule has 2 aromatic carbocycles. The summed E-state index contributed by atoms with van der Waals surface area (Å²) < 4.78 is 21.7. The number of aromatic nitrogens is 1. The van der Waals surface area contributed by atoms with Gasteiger partial charge in [-0.05, 0) is 68.2 Å². The zero-order chi connectivity index (χ0) is 21.7. The first-order valence-electron chi connectivity index (χ1n) is 10.9. The van der Waals surface area contributed by atoms with E-state index in [9.17, 15) is 9.18 Å². The quantitative estimate of drug-likeness (QED) is 0.570. The maximum Gasteiger partial charge on any atom is 0.250 e. The fourth-order valence-corrected chi connectivity index (χ4v) is 5.16. The summed E-state index contributed by atoms with van der Waals surface area (Å²) in [4.78, 5) is 15.3. The van der Waals surface area contributed by atoms with Crippen molar-refractivity contribution in [2.24, 2.45) is 7.05 Å². The van der Waals surface area contributed by atoms with Crippen molar-refractivity contribution in [2.75, 3.05) is 13.2 Å². The van der Waals surface area contributed by atoms with E-state index in [-0.39, 0.29) is 23.9 Å². The van der Waals surface area contributed by atoms with E-state index in [1.165, 1.54) is 12.1 Å². The van der Waals surface area contributed by atoms with E-state index in [1.54, 1.807) is 0 Å². The Morgan fingerprint density at radius 3 is 2.55 bits per heavy atom. The normalized spacial score (nSPS) is 21.7. The van der Waals surface area contributed by atoms with E-state index in [0.29, 0.717) is 6.54 Å². The third kappa shape index (κ3) is 3.19. The summed E-state index contributed by atoms with van der Waals surface area (Å²) in [6.07, 6.45) is 2.10. The van der Waals surface area contributed by atoms with E-state index in [4.69, 9.17) is 4.74 Å². The van der Waals surface area contributed by atoms with Gasteiger partial charge in [0.2, 0.25) is 5.91 Å². The number of carbonyl (C=O) groups is 1. The third-order valence-electron chi connectivity index (χ3n) is 6.86. The number of halogens is 1. The molecule has 0 bridgehead atoms. The van der Waals surface area contributed by atoms with Crippen LogP contribution in [-0.4, -0.2) is 34.6 Å². The first-order chi connectivity index (χ1) is 15.0. The Labute approximate surface area is 181 Å². The van der Waals surface area contributed by atoms with E-state index in [0.717, 1.165) is 58.3 Å². The van der Waals surface area contributed by atoms with Crippen molar-refractivity contribution in [3.05, 3.63) is 71.1 Å². The summed E-state index contributed by atoms with van der Waals surface area (Å²) in [7, 11) is 2.04. The fraction of sp³-hybridized carbons (Fsp3) is 0.346. The van der Waals surface area contributed by atoms with Crippen molar-refractivity contribution in [3.63, 3.8) is 0 Å². The summed E-state index contributed by atoms with van der Waals surface area (Å²) >= 11 is 0. The second-order valence-corrected chi connectivity index (χ2v) is 8.65. The lowest BCUT2D eigenvalue weighted by atomic mass is 9.93. The molecule has 0 saturated carbocycles. The van der Waals surface area contributed by atoms with Gasteiger partial charge in [0.05, 0.1) is 17.8 Å². The van der Waals surface area contributed by atoms with Crippen LogP contribution in [0.4, 0.5) is 4.39 Å². The molecule has 160 valence electrons. The zero-order valence-electron chi connectivity index (χ0n) is 18.2. The van der Waals surface area contributed by atoms with Crippen LogP contribution < -0.4 is 0 Å². The van der Waals surface area contributed by atoms with Crippen LogP contribution in [0.1, 0.15) is 38.3 Å². The third-order valence-corrected chi connectivity index (χ3v) is 6.86. The predicted octanol–water partition coefficient (Wildman–Crippen LogP) is 5.38. The Kier molecular flexibility index (Phi) is 4.94. The predicted molar refractivity (Wildman–Crippen MR) is 120 cm³/mol. The van der Waals surface area contributed by atoms with Gasteiger partial charge in [-0.3, -0.25) is 4.79 Å². The molecule has 4 nitrogen and oxygen atoms in total. The first kappa shape index (κ1) is 20.0. The Bertz CT molecular complexity index is 1190. The maximum atomic E-state index is 13.7. The highest BCUT2D eigenvalue weighted by molar-refractivity contribution is 6.00. The van der Waals surface area contributed by atoms with E-state index in [1.807, 2.05) is 43.1 Å². The second-order valence-electron chi connectivity index (χ2n) is 8.65. The van der Waals surface area contributed by atoms with Crippen molar-refractivity contribution < 1.29 is 13.9 Å². The lowest BCUT2D eigenvalue weighted by Crippen LogP contribution is -2.36. The van der Waals surface area contributed by atoms with Crippen LogP contribution in [0.15, 0.2) is 59.7 Å². The Morgan fingerprint density at radius 1 is 1.10 bits per heavy atom. The zero-order valence-corrected chi connectivity index (χ0v) is 18.2. The molecule has 1 aromatic heterocycles. The van der Waals surface area contributed by atoms with Crippen molar-refractivity contribution in [1.29, 1.82) is 0 Å². The molecule has 2 atom stereocenters. The molecule has 2 aliphatic rings. The average Bonchev–Trinajstić information content (AvgIpc) is 3.44. The highest BCUT2D eigenvalue weighted by atomic mass is 19.1. The molecule has 1 amide bonds. The van der Waals surface area contributed by atoms with Gasteiger partial charge in [-0.2, -0.15) is 0 Å². The van der Waals surface area contributed by atoms with Gasteiger partial charge < -0.3 is 14.2 Å². The minimum Gasteiger partial charge on any atom is -0.376 e. The summed E-state index contributed by atoms with van der Waals surface area (Å²) in [5.74, 6) is -0.178. The van der Waals surface area contributed by atoms with Crippen LogP contribution in [-0.2, 0) is 16.6 Å². The van der Waals surface area contributed by atoms with Gasteiger partial charge in [-0.15, -0.1) is 0 Å². The van der Waals surface area contributed by atoms with Crippen molar-refractivity contribution in [1.82, 2.24) is 9.47 Å². The van der Waals surface area contributed by atoms with Gasteiger partial charge in [0.1, 0.15) is 5.82 Å². The molecule has 0 N–H and O–H groups in total.